The summed E-state index contributed by atoms with van der Waals surface area (Å²) in [5.41, 5.74) is -7.64. The van der Waals surface area contributed by atoms with Crippen LogP contribution in [0.25, 0.3) is 0 Å². The van der Waals surface area contributed by atoms with Crippen LogP contribution in [0.3, 0.4) is 0 Å². The van der Waals surface area contributed by atoms with Gasteiger partial charge in [-0.3, -0.25) is 8.78 Å². The molecule has 0 aromatic heterocycles. The van der Waals surface area contributed by atoms with E-state index in [0.29, 0.717) is 0 Å². The van der Waals surface area contributed by atoms with E-state index in [1.54, 1.807) is 34.6 Å². The van der Waals surface area contributed by atoms with Crippen LogP contribution in [0, 0.1) is 5.41 Å². The van der Waals surface area contributed by atoms with Crippen molar-refractivity contribution in [3.05, 3.63) is 0 Å². The Morgan fingerprint density at radius 3 is 1.86 bits per heavy atom. The number of halogens is 4. The zero-order chi connectivity index (χ0) is 17.6. The molecule has 6 atom stereocenters. The molecule has 9 heteroatoms. The molecular weight excluding hydrogens is 291 g/mol. The van der Waals surface area contributed by atoms with Gasteiger partial charge in [-0.2, -0.15) is 0 Å². The Morgan fingerprint density at radius 1 is 1.14 bits per heavy atom. The molecule has 1 nitrogen and oxygen atoms in total. The first-order chi connectivity index (χ1) is 9.47. The summed E-state index contributed by atoms with van der Waals surface area (Å²) in [5.74, 6) is 0. The Balaban J connectivity index is 2.61. The Hall–Kier alpha value is -0.0603. The van der Waals surface area contributed by atoms with Gasteiger partial charge in [-0.25, -0.2) is 8.78 Å². The van der Waals surface area contributed by atoms with E-state index < -0.39 is 45.2 Å². The molecule has 2 heterocycles. The molecule has 0 spiro atoms. The van der Waals surface area contributed by atoms with E-state index in [1.165, 1.54) is 15.7 Å². The van der Waals surface area contributed by atoms with E-state index in [9.17, 15) is 4.39 Å². The maximum Gasteiger partial charge on any atom is 0.225 e. The largest absolute Gasteiger partial charge is 0.340 e. The van der Waals surface area contributed by atoms with E-state index >= 15 is 13.2 Å². The lowest BCUT2D eigenvalue weighted by atomic mass is 9.40. The van der Waals surface area contributed by atoms with Crippen LogP contribution in [0.2, 0.25) is 10.6 Å². The number of alkyl halides is 4. The molecule has 2 rings (SSSR count). The molecule has 2 aliphatic rings. The van der Waals surface area contributed by atoms with Crippen LogP contribution >= 0.6 is 0 Å². The van der Waals surface area contributed by atoms with Crippen LogP contribution in [-0.2, 0) is 4.74 Å². The molecular formula is C13H24B4F4O. The van der Waals surface area contributed by atoms with Gasteiger partial charge in [-0.05, 0) is 10.7 Å². The number of hydrogen-bond acceptors (Lipinski definition) is 1. The molecule has 0 aromatic rings. The average molecular weight is 316 g/mol. The van der Waals surface area contributed by atoms with Gasteiger partial charge in [0.1, 0.15) is 19.0 Å². The van der Waals surface area contributed by atoms with Crippen molar-refractivity contribution < 1.29 is 22.3 Å². The maximum atomic E-state index is 15.6. The first-order valence-electron chi connectivity index (χ1n) is 7.83. The van der Waals surface area contributed by atoms with Gasteiger partial charge in [-0.15, -0.1) is 0 Å². The summed E-state index contributed by atoms with van der Waals surface area (Å²) in [7, 11) is 3.62. The summed E-state index contributed by atoms with van der Waals surface area (Å²) in [6.45, 7) is 8.19. The minimum Gasteiger partial charge on any atom is -0.340 e. The molecule has 2 saturated heterocycles. The van der Waals surface area contributed by atoms with E-state index in [2.05, 4.69) is 0 Å². The van der Waals surface area contributed by atoms with Crippen molar-refractivity contribution >= 4 is 30.8 Å². The predicted octanol–water partition coefficient (Wildman–Crippen LogP) is 0.431. The van der Waals surface area contributed by atoms with Gasteiger partial charge in [0.2, 0.25) is 6.36 Å². The standard InChI is InChI=1S/C13H24B4F4O/c1-8(2,3)11(15,19)6-10(14,12(16,20)7(18)22-6)13(21)9(4,5)17-13/h6-7,17H,14-16H2,1-5H3. The molecule has 0 bridgehead atoms. The smallest absolute Gasteiger partial charge is 0.225 e. The van der Waals surface area contributed by atoms with Crippen LogP contribution in [-0.4, -0.2) is 60.0 Å². The molecule has 0 amide bonds. The van der Waals surface area contributed by atoms with Crippen molar-refractivity contribution in [1.82, 2.24) is 0 Å². The first kappa shape index (κ1) is 18.3. The van der Waals surface area contributed by atoms with Gasteiger partial charge in [0, 0.05) is 5.31 Å². The molecule has 0 aliphatic carbocycles. The van der Waals surface area contributed by atoms with E-state index in [-0.39, 0.29) is 7.28 Å². The Labute approximate surface area is 133 Å². The summed E-state index contributed by atoms with van der Waals surface area (Å²) in [5, 5.41) is -2.73. The average Bonchev–Trinajstić information content (AvgIpc) is 2.76. The van der Waals surface area contributed by atoms with Crippen LogP contribution in [0.15, 0.2) is 0 Å². The fraction of sp³-hybridized carbons (Fsp3) is 1.00. The molecule has 122 valence electrons. The van der Waals surface area contributed by atoms with Gasteiger partial charge in [0.25, 0.3) is 0 Å². The monoisotopic (exact) mass is 316 g/mol. The lowest BCUT2D eigenvalue weighted by Gasteiger charge is -2.50. The zero-order valence-electron chi connectivity index (χ0n) is 14.8. The summed E-state index contributed by atoms with van der Waals surface area (Å²) in [6.07, 6.45) is -3.85. The highest BCUT2D eigenvalue weighted by Crippen LogP contribution is 2.76. The third-order valence-electron chi connectivity index (χ3n) is 6.64. The first-order valence-corrected chi connectivity index (χ1v) is 7.83. The SMILES string of the molecule is BC(F)(C1OC(F)C(B)(F)C1(B)C1(F)BC1(C)C)C(C)(C)C. The molecule has 22 heavy (non-hydrogen) atoms. The molecule has 0 saturated carbocycles. The molecule has 0 N–H and O–H groups in total. The second kappa shape index (κ2) is 4.31. The van der Waals surface area contributed by atoms with E-state index in [0.717, 1.165) is 7.85 Å². The summed E-state index contributed by atoms with van der Waals surface area (Å²) < 4.78 is 65.6. The minimum atomic E-state index is -2.60. The van der Waals surface area contributed by atoms with E-state index in [1.807, 2.05) is 0 Å². The van der Waals surface area contributed by atoms with Gasteiger partial charge in [-0.1, -0.05) is 34.6 Å². The Bertz CT molecular complexity index is 493. The summed E-state index contributed by atoms with van der Waals surface area (Å²) in [4.78, 5) is 0. The molecule has 2 fully saturated rings. The van der Waals surface area contributed by atoms with Crippen LogP contribution < -0.4 is 0 Å². The van der Waals surface area contributed by atoms with Gasteiger partial charge < -0.3 is 4.74 Å². The van der Waals surface area contributed by atoms with Crippen LogP contribution in [0.5, 0.6) is 0 Å². The van der Waals surface area contributed by atoms with E-state index in [4.69, 9.17) is 4.74 Å². The second-order valence-corrected chi connectivity index (χ2v) is 9.30. The number of ether oxygens (including phenoxy) is 1. The number of hydrogen-bond donors (Lipinski definition) is 0. The minimum absolute atomic E-state index is 0.0722. The molecule has 0 aromatic carbocycles. The van der Waals surface area contributed by atoms with Crippen molar-refractivity contribution in [2.45, 2.75) is 74.4 Å². The third-order valence-corrected chi connectivity index (χ3v) is 6.64. The molecule has 0 radical (unpaired) electrons. The van der Waals surface area contributed by atoms with Gasteiger partial charge in [0.15, 0.2) is 23.0 Å². The lowest BCUT2D eigenvalue weighted by Crippen LogP contribution is -2.61. The Kier molecular flexibility index (Phi) is 3.58. The highest BCUT2D eigenvalue weighted by atomic mass is 19.2. The van der Waals surface area contributed by atoms with Crippen molar-refractivity contribution in [3.8, 4) is 0 Å². The lowest BCUT2D eigenvalue weighted by molar-refractivity contribution is -0.117. The summed E-state index contributed by atoms with van der Waals surface area (Å²) in [6, 6.07) is 0. The Morgan fingerprint density at radius 2 is 1.55 bits per heavy atom. The normalized spacial score (nSPS) is 50.2. The van der Waals surface area contributed by atoms with Crippen LogP contribution in [0.4, 0.5) is 17.6 Å². The topological polar surface area (TPSA) is 9.23 Å². The highest BCUT2D eigenvalue weighted by Gasteiger charge is 2.84. The zero-order valence-corrected chi connectivity index (χ0v) is 14.8. The van der Waals surface area contributed by atoms with Crippen molar-refractivity contribution in [1.29, 1.82) is 0 Å². The summed E-state index contributed by atoms with van der Waals surface area (Å²) >= 11 is 0. The molecule has 6 unspecified atom stereocenters. The number of rotatable bonds is 2. The van der Waals surface area contributed by atoms with Crippen LogP contribution in [0.1, 0.15) is 34.6 Å². The third kappa shape index (κ3) is 1.86. The fourth-order valence-corrected chi connectivity index (χ4v) is 3.99. The van der Waals surface area contributed by atoms with Crippen molar-refractivity contribution in [2.75, 3.05) is 0 Å². The highest BCUT2D eigenvalue weighted by molar-refractivity contribution is 6.62. The maximum absolute atomic E-state index is 15.6. The van der Waals surface area contributed by atoms with Gasteiger partial charge >= 0.3 is 0 Å². The van der Waals surface area contributed by atoms with Gasteiger partial charge in [0.05, 0.1) is 11.7 Å². The fourth-order valence-electron chi connectivity index (χ4n) is 3.99. The molecule has 2 aliphatic heterocycles. The van der Waals surface area contributed by atoms with Crippen molar-refractivity contribution in [3.63, 3.8) is 0 Å². The quantitative estimate of drug-likeness (QED) is 0.530. The van der Waals surface area contributed by atoms with Crippen molar-refractivity contribution in [2.24, 2.45) is 5.41 Å². The second-order valence-electron chi connectivity index (χ2n) is 9.30. The predicted molar refractivity (Wildman–Crippen MR) is 90.3 cm³/mol.